The second-order valence-corrected chi connectivity index (χ2v) is 7.34. The number of carbonyl (C=O) groups excluding carboxylic acids is 2. The van der Waals surface area contributed by atoms with E-state index in [0.29, 0.717) is 12.6 Å². The highest BCUT2D eigenvalue weighted by molar-refractivity contribution is 6.03. The van der Waals surface area contributed by atoms with Crippen molar-refractivity contribution in [3.05, 3.63) is 35.9 Å². The number of piperidine rings is 1. The molecule has 2 saturated heterocycles. The monoisotopic (exact) mass is 355 g/mol. The van der Waals surface area contributed by atoms with Crippen LogP contribution in [0.15, 0.2) is 35.3 Å². The molecule has 3 amide bonds. The third kappa shape index (κ3) is 2.81. The van der Waals surface area contributed by atoms with Crippen molar-refractivity contribution >= 4 is 17.9 Å². The van der Waals surface area contributed by atoms with Crippen LogP contribution in [0.2, 0.25) is 0 Å². The van der Waals surface area contributed by atoms with Gasteiger partial charge < -0.3 is 14.7 Å². The number of likely N-dealkylation sites (tertiary alicyclic amines) is 1. The lowest BCUT2D eigenvalue weighted by atomic mass is 10.0. The van der Waals surface area contributed by atoms with Gasteiger partial charge in [-0.1, -0.05) is 30.3 Å². The Balaban J connectivity index is 1.70. The number of fused-ring (bicyclic) bond motifs is 1. The van der Waals surface area contributed by atoms with Gasteiger partial charge in [-0.15, -0.1) is 0 Å². The Labute approximate surface area is 153 Å². The van der Waals surface area contributed by atoms with E-state index in [-0.39, 0.29) is 11.9 Å². The summed E-state index contributed by atoms with van der Waals surface area (Å²) in [5.74, 6) is 0.574. The molecular formula is C19H25N5O2. The summed E-state index contributed by atoms with van der Waals surface area (Å²) in [6.45, 7) is 3.74. The Hall–Kier alpha value is -2.57. The smallest absolute Gasteiger partial charge is 0.325 e. The Morgan fingerprint density at radius 3 is 2.69 bits per heavy atom. The highest BCUT2D eigenvalue weighted by Gasteiger charge is 2.50. The molecule has 3 aliphatic heterocycles. The predicted octanol–water partition coefficient (Wildman–Crippen LogP) is 1.61. The lowest BCUT2D eigenvalue weighted by Crippen LogP contribution is -2.64. The number of hydrogen-bond donors (Lipinski definition) is 1. The van der Waals surface area contributed by atoms with E-state index in [1.807, 2.05) is 18.2 Å². The number of nitrogens with one attached hydrogen (secondary N) is 1. The number of urea groups is 1. The number of imide groups is 1. The van der Waals surface area contributed by atoms with Crippen LogP contribution in [0.5, 0.6) is 0 Å². The van der Waals surface area contributed by atoms with Crippen molar-refractivity contribution in [1.29, 1.82) is 0 Å². The van der Waals surface area contributed by atoms with E-state index in [0.717, 1.165) is 30.9 Å². The first kappa shape index (κ1) is 16.9. The summed E-state index contributed by atoms with van der Waals surface area (Å²) >= 11 is 0. The van der Waals surface area contributed by atoms with Crippen molar-refractivity contribution in [1.82, 2.24) is 20.0 Å². The topological polar surface area (TPSA) is 68.2 Å². The second-order valence-electron chi connectivity index (χ2n) is 7.34. The van der Waals surface area contributed by atoms with Crippen LogP contribution in [0.4, 0.5) is 4.79 Å². The number of guanidine groups is 1. The molecule has 3 aliphatic rings. The second kappa shape index (κ2) is 6.63. The molecule has 0 aliphatic carbocycles. The Bertz CT molecular complexity index is 735. The summed E-state index contributed by atoms with van der Waals surface area (Å²) in [4.78, 5) is 35.5. The van der Waals surface area contributed by atoms with Crippen LogP contribution in [0.3, 0.4) is 0 Å². The molecule has 3 unspecified atom stereocenters. The summed E-state index contributed by atoms with van der Waals surface area (Å²) in [5.41, 5.74) is 1.12. The molecule has 7 heteroatoms. The molecule has 7 nitrogen and oxygen atoms in total. The van der Waals surface area contributed by atoms with Gasteiger partial charge in [-0.05, 0) is 31.7 Å². The number of hydrogen-bond acceptors (Lipinski definition) is 5. The Kier molecular flexibility index (Phi) is 4.30. The minimum absolute atomic E-state index is 0.266. The van der Waals surface area contributed by atoms with E-state index in [2.05, 4.69) is 34.2 Å². The maximum Gasteiger partial charge on any atom is 0.325 e. The molecule has 0 spiro atoms. The van der Waals surface area contributed by atoms with E-state index in [1.165, 1.54) is 11.3 Å². The fourth-order valence-corrected chi connectivity index (χ4v) is 4.09. The van der Waals surface area contributed by atoms with Gasteiger partial charge in [-0.2, -0.15) is 0 Å². The molecule has 26 heavy (non-hydrogen) atoms. The first-order chi connectivity index (χ1) is 12.6. The molecular weight excluding hydrogens is 330 g/mol. The van der Waals surface area contributed by atoms with Crippen molar-refractivity contribution < 1.29 is 9.59 Å². The molecule has 0 saturated carbocycles. The third-order valence-electron chi connectivity index (χ3n) is 5.59. The maximum atomic E-state index is 12.7. The zero-order chi connectivity index (χ0) is 18.3. The van der Waals surface area contributed by atoms with Crippen molar-refractivity contribution in [3.8, 4) is 0 Å². The molecule has 3 atom stereocenters. The van der Waals surface area contributed by atoms with Crippen LogP contribution in [0.1, 0.15) is 31.7 Å². The van der Waals surface area contributed by atoms with Crippen LogP contribution in [-0.2, 0) is 11.3 Å². The quantitative estimate of drug-likeness (QED) is 0.875. The molecule has 2 fully saturated rings. The molecule has 1 N–H and O–H groups in total. The van der Waals surface area contributed by atoms with Gasteiger partial charge in [0.15, 0.2) is 18.2 Å². The fraction of sp³-hybridized carbons (Fsp3) is 0.526. The van der Waals surface area contributed by atoms with Gasteiger partial charge in [-0.25, -0.2) is 9.79 Å². The van der Waals surface area contributed by atoms with Crippen molar-refractivity contribution in [2.45, 2.75) is 51.0 Å². The standard InChI is InChI=1S/C19H25N5O2/c1-13-8-6-7-11-23(13)18-20-16-15(17(25)21-19(26)22(16)2)24(18)12-14-9-4-3-5-10-14/h3-5,9-10,13,15-16H,6-8,11-12H2,1-2H3,(H,21,25,26). The normalized spacial score (nSPS) is 28.8. The fourth-order valence-electron chi connectivity index (χ4n) is 4.09. The maximum absolute atomic E-state index is 12.7. The summed E-state index contributed by atoms with van der Waals surface area (Å²) < 4.78 is 0. The molecule has 138 valence electrons. The number of likely N-dealkylation sites (N-methyl/N-ethyl adjacent to an activating group) is 1. The lowest BCUT2D eigenvalue weighted by Gasteiger charge is -2.40. The highest BCUT2D eigenvalue weighted by atomic mass is 16.2. The van der Waals surface area contributed by atoms with Crippen LogP contribution in [0.25, 0.3) is 0 Å². The van der Waals surface area contributed by atoms with E-state index >= 15 is 0 Å². The molecule has 0 bridgehead atoms. The molecule has 4 rings (SSSR count). The van der Waals surface area contributed by atoms with Crippen molar-refractivity contribution in [3.63, 3.8) is 0 Å². The first-order valence-electron chi connectivity index (χ1n) is 9.29. The van der Waals surface area contributed by atoms with Crippen LogP contribution in [-0.4, -0.2) is 64.4 Å². The Morgan fingerprint density at radius 1 is 1.19 bits per heavy atom. The van der Waals surface area contributed by atoms with Gasteiger partial charge in [-0.3, -0.25) is 10.1 Å². The first-order valence-corrected chi connectivity index (χ1v) is 9.29. The van der Waals surface area contributed by atoms with Gasteiger partial charge in [0.2, 0.25) is 0 Å². The number of amides is 3. The number of rotatable bonds is 2. The summed E-state index contributed by atoms with van der Waals surface area (Å²) in [6.07, 6.45) is 2.99. The average Bonchev–Trinajstić information content (AvgIpc) is 3.01. The predicted molar refractivity (Wildman–Crippen MR) is 98.3 cm³/mol. The van der Waals surface area contributed by atoms with Gasteiger partial charge in [0.25, 0.3) is 5.91 Å². The lowest BCUT2D eigenvalue weighted by molar-refractivity contribution is -0.127. The van der Waals surface area contributed by atoms with E-state index in [1.54, 1.807) is 7.05 Å². The van der Waals surface area contributed by atoms with Gasteiger partial charge >= 0.3 is 6.03 Å². The molecule has 1 aromatic rings. The van der Waals surface area contributed by atoms with Gasteiger partial charge in [0.05, 0.1) is 0 Å². The molecule has 1 aromatic carbocycles. The van der Waals surface area contributed by atoms with Gasteiger partial charge in [0.1, 0.15) is 0 Å². The molecule has 3 heterocycles. The number of aliphatic imine (C=N–C) groups is 1. The molecule has 0 aromatic heterocycles. The largest absolute Gasteiger partial charge is 0.340 e. The summed E-state index contributed by atoms with van der Waals surface area (Å²) in [5, 5.41) is 2.47. The van der Waals surface area contributed by atoms with E-state index in [9.17, 15) is 9.59 Å². The van der Waals surface area contributed by atoms with Gasteiger partial charge in [0, 0.05) is 26.2 Å². The van der Waals surface area contributed by atoms with Crippen LogP contribution < -0.4 is 5.32 Å². The van der Waals surface area contributed by atoms with Crippen LogP contribution >= 0.6 is 0 Å². The number of benzene rings is 1. The SMILES string of the molecule is CC1CCCCN1C1=NC2C(C(=O)NC(=O)N2C)N1Cc1ccccc1. The van der Waals surface area contributed by atoms with Crippen molar-refractivity contribution in [2.75, 3.05) is 13.6 Å². The van der Waals surface area contributed by atoms with Crippen LogP contribution in [0, 0.1) is 0 Å². The zero-order valence-corrected chi connectivity index (χ0v) is 15.3. The molecule has 0 radical (unpaired) electrons. The minimum atomic E-state index is -0.484. The van der Waals surface area contributed by atoms with E-state index in [4.69, 9.17) is 4.99 Å². The summed E-state index contributed by atoms with van der Waals surface area (Å²) in [6, 6.07) is 9.61. The average molecular weight is 355 g/mol. The van der Waals surface area contributed by atoms with E-state index < -0.39 is 12.2 Å². The summed E-state index contributed by atoms with van der Waals surface area (Å²) in [7, 11) is 1.70. The zero-order valence-electron chi connectivity index (χ0n) is 15.3. The third-order valence-corrected chi connectivity index (χ3v) is 5.59. The number of carbonyl (C=O) groups is 2. The van der Waals surface area contributed by atoms with Crippen molar-refractivity contribution in [2.24, 2.45) is 4.99 Å². The highest BCUT2D eigenvalue weighted by Crippen LogP contribution is 2.29. The number of nitrogens with zero attached hydrogens (tertiary/aromatic N) is 4. The Morgan fingerprint density at radius 2 is 1.96 bits per heavy atom. The minimum Gasteiger partial charge on any atom is -0.340 e.